The Kier molecular flexibility index (Phi) is 9.77. The maximum Gasteiger partial charge on any atom is 0.122 e. The van der Waals surface area contributed by atoms with Gasteiger partial charge in [-0.1, -0.05) is 46.6 Å². The predicted octanol–water partition coefficient (Wildman–Crippen LogP) is 6.10. The largest absolute Gasteiger partial charge is 0.493 e. The summed E-state index contributed by atoms with van der Waals surface area (Å²) in [6, 6.07) is 8.03. The predicted molar refractivity (Wildman–Crippen MR) is 94.8 cm³/mol. The van der Waals surface area contributed by atoms with E-state index in [1.807, 2.05) is 24.3 Å². The van der Waals surface area contributed by atoms with Crippen molar-refractivity contribution >= 4 is 0 Å². The molecule has 0 aliphatic heterocycles. The zero-order chi connectivity index (χ0) is 16.2. The van der Waals surface area contributed by atoms with Gasteiger partial charge in [0.1, 0.15) is 11.5 Å². The molecule has 0 radical (unpaired) electrons. The van der Waals surface area contributed by atoms with E-state index in [0.717, 1.165) is 49.4 Å². The van der Waals surface area contributed by atoms with Crippen molar-refractivity contribution < 1.29 is 9.47 Å². The summed E-state index contributed by atoms with van der Waals surface area (Å²) in [6.45, 7) is 10.7. The van der Waals surface area contributed by atoms with Gasteiger partial charge in [0.15, 0.2) is 0 Å². The molecule has 0 aliphatic carbocycles. The van der Waals surface area contributed by atoms with Crippen LogP contribution in [0, 0.1) is 11.8 Å². The summed E-state index contributed by atoms with van der Waals surface area (Å²) in [7, 11) is 0. The van der Waals surface area contributed by atoms with Crippen LogP contribution in [0.3, 0.4) is 0 Å². The van der Waals surface area contributed by atoms with E-state index in [-0.39, 0.29) is 0 Å². The summed E-state index contributed by atoms with van der Waals surface area (Å²) in [6.07, 6.45) is 7.29. The number of ether oxygens (including phenoxy) is 2. The van der Waals surface area contributed by atoms with E-state index in [4.69, 9.17) is 9.47 Å². The number of hydrogen-bond acceptors (Lipinski definition) is 2. The Labute approximate surface area is 137 Å². The summed E-state index contributed by atoms with van der Waals surface area (Å²) < 4.78 is 11.6. The highest BCUT2D eigenvalue weighted by Crippen LogP contribution is 2.20. The number of unbranched alkanes of at least 4 members (excludes halogenated alkanes) is 2. The second-order valence-corrected chi connectivity index (χ2v) is 6.95. The van der Waals surface area contributed by atoms with Crippen LogP contribution >= 0.6 is 0 Å². The molecule has 0 unspecified atom stereocenters. The molecule has 0 saturated carbocycles. The maximum absolute atomic E-state index is 5.81. The standard InChI is InChI=1S/C20H34O2/c1-17(2)10-5-7-14-21-19-12-9-13-20(16-19)22-15-8-6-11-18(3)4/h9,12-13,16-18H,5-8,10-11,14-15H2,1-4H3. The van der Waals surface area contributed by atoms with Gasteiger partial charge in [0.2, 0.25) is 0 Å². The summed E-state index contributed by atoms with van der Waals surface area (Å²) in [4.78, 5) is 0. The molecule has 0 aliphatic rings. The summed E-state index contributed by atoms with van der Waals surface area (Å²) in [5.41, 5.74) is 0. The topological polar surface area (TPSA) is 18.5 Å². The molecule has 0 N–H and O–H groups in total. The van der Waals surface area contributed by atoms with Crippen LogP contribution in [0.2, 0.25) is 0 Å². The molecule has 2 heteroatoms. The minimum Gasteiger partial charge on any atom is -0.493 e. The molecule has 0 atom stereocenters. The molecule has 1 aromatic rings. The van der Waals surface area contributed by atoms with Crippen molar-refractivity contribution in [3.8, 4) is 11.5 Å². The van der Waals surface area contributed by atoms with Crippen molar-refractivity contribution in [2.75, 3.05) is 13.2 Å². The van der Waals surface area contributed by atoms with E-state index in [9.17, 15) is 0 Å². The lowest BCUT2D eigenvalue weighted by Crippen LogP contribution is -2.00. The molecule has 1 aromatic carbocycles. The second kappa shape index (κ2) is 11.4. The lowest BCUT2D eigenvalue weighted by atomic mass is 10.1. The monoisotopic (exact) mass is 306 g/mol. The lowest BCUT2D eigenvalue weighted by molar-refractivity contribution is 0.287. The van der Waals surface area contributed by atoms with Gasteiger partial charge < -0.3 is 9.47 Å². The smallest absolute Gasteiger partial charge is 0.122 e. The highest BCUT2D eigenvalue weighted by Gasteiger charge is 2.00. The van der Waals surface area contributed by atoms with Gasteiger partial charge in [0.05, 0.1) is 13.2 Å². The molecular weight excluding hydrogens is 272 g/mol. The SMILES string of the molecule is CC(C)CCCCOc1cccc(OCCCCC(C)C)c1. The van der Waals surface area contributed by atoms with Gasteiger partial charge in [-0.05, 0) is 49.7 Å². The van der Waals surface area contributed by atoms with Gasteiger partial charge in [-0.3, -0.25) is 0 Å². The van der Waals surface area contributed by atoms with E-state index < -0.39 is 0 Å². The third-order valence-electron chi connectivity index (χ3n) is 3.69. The maximum atomic E-state index is 5.81. The van der Waals surface area contributed by atoms with Crippen LogP contribution in [0.1, 0.15) is 66.2 Å². The lowest BCUT2D eigenvalue weighted by Gasteiger charge is -2.10. The van der Waals surface area contributed by atoms with E-state index in [2.05, 4.69) is 27.7 Å². The van der Waals surface area contributed by atoms with Gasteiger partial charge >= 0.3 is 0 Å². The van der Waals surface area contributed by atoms with E-state index in [1.165, 1.54) is 25.7 Å². The van der Waals surface area contributed by atoms with E-state index in [1.54, 1.807) is 0 Å². The molecular formula is C20H34O2. The van der Waals surface area contributed by atoms with Gasteiger partial charge in [-0.25, -0.2) is 0 Å². The minimum absolute atomic E-state index is 0.785. The van der Waals surface area contributed by atoms with Crippen molar-refractivity contribution in [1.29, 1.82) is 0 Å². The average Bonchev–Trinajstić information content (AvgIpc) is 2.46. The Balaban J connectivity index is 2.18. The third kappa shape index (κ3) is 9.70. The van der Waals surface area contributed by atoms with Crippen molar-refractivity contribution in [1.82, 2.24) is 0 Å². The van der Waals surface area contributed by atoms with Gasteiger partial charge in [-0.15, -0.1) is 0 Å². The molecule has 0 saturated heterocycles. The van der Waals surface area contributed by atoms with Crippen molar-refractivity contribution in [2.45, 2.75) is 66.2 Å². The highest BCUT2D eigenvalue weighted by atomic mass is 16.5. The quantitative estimate of drug-likeness (QED) is 0.435. The first kappa shape index (κ1) is 18.9. The zero-order valence-electron chi connectivity index (χ0n) is 14.9. The molecule has 0 fully saturated rings. The highest BCUT2D eigenvalue weighted by molar-refractivity contribution is 5.32. The molecule has 0 spiro atoms. The average molecular weight is 306 g/mol. The Morgan fingerprint density at radius 2 is 1.18 bits per heavy atom. The molecule has 0 bridgehead atoms. The van der Waals surface area contributed by atoms with Crippen LogP contribution in [-0.2, 0) is 0 Å². The Morgan fingerprint density at radius 3 is 1.59 bits per heavy atom. The van der Waals surface area contributed by atoms with Gasteiger partial charge in [-0.2, -0.15) is 0 Å². The first-order valence-corrected chi connectivity index (χ1v) is 8.93. The fourth-order valence-electron chi connectivity index (χ4n) is 2.34. The first-order valence-electron chi connectivity index (χ1n) is 8.93. The molecule has 22 heavy (non-hydrogen) atoms. The molecule has 0 aromatic heterocycles. The molecule has 2 nitrogen and oxygen atoms in total. The molecule has 0 heterocycles. The van der Waals surface area contributed by atoms with Crippen LogP contribution in [0.5, 0.6) is 11.5 Å². The van der Waals surface area contributed by atoms with Crippen LogP contribution in [0.4, 0.5) is 0 Å². The second-order valence-electron chi connectivity index (χ2n) is 6.95. The molecule has 1 rings (SSSR count). The molecule has 0 amide bonds. The van der Waals surface area contributed by atoms with Gasteiger partial charge in [0.25, 0.3) is 0 Å². The Morgan fingerprint density at radius 1 is 0.727 bits per heavy atom. The van der Waals surface area contributed by atoms with Crippen LogP contribution < -0.4 is 9.47 Å². The molecule has 126 valence electrons. The number of rotatable bonds is 12. The fourth-order valence-corrected chi connectivity index (χ4v) is 2.34. The van der Waals surface area contributed by atoms with Crippen LogP contribution in [0.15, 0.2) is 24.3 Å². The van der Waals surface area contributed by atoms with E-state index in [0.29, 0.717) is 0 Å². The Hall–Kier alpha value is -1.18. The summed E-state index contributed by atoms with van der Waals surface area (Å²) >= 11 is 0. The van der Waals surface area contributed by atoms with Crippen molar-refractivity contribution in [3.05, 3.63) is 24.3 Å². The van der Waals surface area contributed by atoms with E-state index >= 15 is 0 Å². The minimum atomic E-state index is 0.785. The van der Waals surface area contributed by atoms with Crippen molar-refractivity contribution in [2.24, 2.45) is 11.8 Å². The number of hydrogen-bond donors (Lipinski definition) is 0. The fraction of sp³-hybridized carbons (Fsp3) is 0.700. The van der Waals surface area contributed by atoms with Gasteiger partial charge in [0, 0.05) is 6.07 Å². The van der Waals surface area contributed by atoms with Crippen molar-refractivity contribution in [3.63, 3.8) is 0 Å². The van der Waals surface area contributed by atoms with Crippen LogP contribution in [0.25, 0.3) is 0 Å². The normalized spacial score (nSPS) is 11.2. The Bertz CT molecular complexity index is 352. The first-order chi connectivity index (χ1) is 10.6. The third-order valence-corrected chi connectivity index (χ3v) is 3.69. The zero-order valence-corrected chi connectivity index (χ0v) is 14.9. The number of benzene rings is 1. The van der Waals surface area contributed by atoms with Crippen LogP contribution in [-0.4, -0.2) is 13.2 Å². The summed E-state index contributed by atoms with van der Waals surface area (Å²) in [5.74, 6) is 3.41. The summed E-state index contributed by atoms with van der Waals surface area (Å²) in [5, 5.41) is 0.